The van der Waals surface area contributed by atoms with Gasteiger partial charge in [0.15, 0.2) is 0 Å². The number of benzene rings is 2. The lowest BCUT2D eigenvalue weighted by Gasteiger charge is -2.38. The minimum atomic E-state index is -0.810. The average molecular weight is 316 g/mol. The van der Waals surface area contributed by atoms with Crippen molar-refractivity contribution in [3.05, 3.63) is 71.3 Å². The van der Waals surface area contributed by atoms with Crippen LogP contribution in [0.2, 0.25) is 0 Å². The number of fused-ring (bicyclic) bond motifs is 1. The molecule has 0 aliphatic carbocycles. The second-order valence-corrected chi connectivity index (χ2v) is 6.48. The highest BCUT2D eigenvalue weighted by atomic mass is 19.1. The molecular weight excluding hydrogens is 296 g/mol. The molecule has 2 nitrogen and oxygen atoms in total. The quantitative estimate of drug-likeness (QED) is 0.899. The van der Waals surface area contributed by atoms with Gasteiger partial charge >= 0.3 is 0 Å². The first-order chi connectivity index (χ1) is 11.2. The molecule has 0 bridgehead atoms. The summed E-state index contributed by atoms with van der Waals surface area (Å²) in [5, 5.41) is 0. The molecule has 0 spiro atoms. The highest BCUT2D eigenvalue weighted by molar-refractivity contribution is 5.34. The summed E-state index contributed by atoms with van der Waals surface area (Å²) in [4.78, 5) is 1.28. The van der Waals surface area contributed by atoms with Crippen molar-refractivity contribution in [1.82, 2.24) is 0 Å². The summed E-state index contributed by atoms with van der Waals surface area (Å²) < 4.78 is 34.0. The molecule has 2 aliphatic heterocycles. The van der Waals surface area contributed by atoms with Gasteiger partial charge in [-0.3, -0.25) is 4.90 Å². The van der Waals surface area contributed by atoms with Gasteiger partial charge in [-0.2, -0.15) is 0 Å². The van der Waals surface area contributed by atoms with E-state index in [4.69, 9.17) is 4.74 Å². The molecule has 2 aromatic carbocycles. The number of hydrogen-bond donors (Lipinski definition) is 1. The van der Waals surface area contributed by atoms with E-state index in [0.717, 1.165) is 30.5 Å². The highest BCUT2D eigenvalue weighted by Crippen LogP contribution is 2.34. The molecule has 2 heterocycles. The molecule has 0 aromatic heterocycles. The lowest BCUT2D eigenvalue weighted by molar-refractivity contribution is -0.981. The third-order valence-electron chi connectivity index (χ3n) is 5.16. The van der Waals surface area contributed by atoms with Crippen molar-refractivity contribution in [3.8, 4) is 0 Å². The van der Waals surface area contributed by atoms with Crippen LogP contribution in [0.3, 0.4) is 0 Å². The van der Waals surface area contributed by atoms with Gasteiger partial charge in [-0.15, -0.1) is 0 Å². The van der Waals surface area contributed by atoms with E-state index in [0.29, 0.717) is 12.6 Å². The standard InChI is InChI=1S/C19H19F2NO/c20-16-7-3-5-14(11-16)19(15-6-4-8-17(21)12-15)22-10-2-1-9-18(22)13-23-19/h3-8,11-12,18H,1-2,9-10,13H2/p+1. The van der Waals surface area contributed by atoms with Gasteiger partial charge in [0.2, 0.25) is 0 Å². The van der Waals surface area contributed by atoms with Crippen LogP contribution in [0.5, 0.6) is 0 Å². The fourth-order valence-electron chi connectivity index (χ4n) is 4.17. The van der Waals surface area contributed by atoms with Crippen molar-refractivity contribution in [3.63, 3.8) is 0 Å². The van der Waals surface area contributed by atoms with Crippen LogP contribution in [0.4, 0.5) is 8.78 Å². The van der Waals surface area contributed by atoms with Crippen LogP contribution in [0, 0.1) is 11.6 Å². The van der Waals surface area contributed by atoms with Crippen LogP contribution < -0.4 is 4.90 Å². The third-order valence-corrected chi connectivity index (χ3v) is 5.16. The summed E-state index contributed by atoms with van der Waals surface area (Å²) in [6, 6.07) is 13.5. The predicted molar refractivity (Wildman–Crippen MR) is 83.0 cm³/mol. The van der Waals surface area contributed by atoms with E-state index in [9.17, 15) is 8.78 Å². The molecule has 0 saturated carbocycles. The van der Waals surface area contributed by atoms with Crippen molar-refractivity contribution in [2.75, 3.05) is 13.2 Å². The van der Waals surface area contributed by atoms with Crippen LogP contribution in [-0.2, 0) is 10.5 Å². The van der Waals surface area contributed by atoms with Gasteiger partial charge in [-0.05, 0) is 49.2 Å². The Morgan fingerprint density at radius 2 is 1.61 bits per heavy atom. The number of quaternary nitrogens is 1. The van der Waals surface area contributed by atoms with Gasteiger partial charge in [0.25, 0.3) is 5.72 Å². The van der Waals surface area contributed by atoms with Crippen LogP contribution >= 0.6 is 0 Å². The highest BCUT2D eigenvalue weighted by Gasteiger charge is 2.55. The molecule has 4 rings (SSSR count). The number of piperidine rings is 1. The minimum absolute atomic E-state index is 0.290. The average Bonchev–Trinajstić information content (AvgIpc) is 2.95. The smallest absolute Gasteiger partial charge is 0.256 e. The third kappa shape index (κ3) is 2.37. The zero-order valence-electron chi connectivity index (χ0n) is 12.9. The number of ether oxygens (including phenoxy) is 1. The number of hydrogen-bond acceptors (Lipinski definition) is 1. The van der Waals surface area contributed by atoms with E-state index in [1.165, 1.54) is 35.6 Å². The van der Waals surface area contributed by atoms with Crippen molar-refractivity contribution in [2.24, 2.45) is 0 Å². The fourth-order valence-corrected chi connectivity index (χ4v) is 4.17. The minimum Gasteiger partial charge on any atom is -0.313 e. The van der Waals surface area contributed by atoms with Crippen LogP contribution in [0.25, 0.3) is 0 Å². The Bertz CT molecular complexity index is 673. The molecular formula is C19H20F2NO+. The van der Waals surface area contributed by atoms with Crippen LogP contribution in [0.15, 0.2) is 48.5 Å². The van der Waals surface area contributed by atoms with E-state index in [1.54, 1.807) is 12.1 Å². The molecule has 2 fully saturated rings. The lowest BCUT2D eigenvalue weighted by Crippen LogP contribution is -3.21. The Morgan fingerprint density at radius 3 is 2.22 bits per heavy atom. The van der Waals surface area contributed by atoms with Crippen molar-refractivity contribution in [1.29, 1.82) is 0 Å². The molecule has 2 unspecified atom stereocenters. The number of halogens is 2. The number of nitrogens with one attached hydrogen (secondary N) is 1. The van der Waals surface area contributed by atoms with E-state index in [2.05, 4.69) is 0 Å². The van der Waals surface area contributed by atoms with Crippen LogP contribution in [0.1, 0.15) is 30.4 Å². The maximum Gasteiger partial charge on any atom is 0.256 e. The summed E-state index contributed by atoms with van der Waals surface area (Å²) in [5.41, 5.74) is 0.722. The van der Waals surface area contributed by atoms with Gasteiger partial charge in [0, 0.05) is 17.5 Å². The van der Waals surface area contributed by atoms with Gasteiger partial charge in [-0.1, -0.05) is 12.1 Å². The molecule has 23 heavy (non-hydrogen) atoms. The van der Waals surface area contributed by atoms with Crippen LogP contribution in [-0.4, -0.2) is 19.2 Å². The zero-order valence-corrected chi connectivity index (χ0v) is 12.9. The first-order valence-electron chi connectivity index (χ1n) is 8.22. The first kappa shape index (κ1) is 14.8. The summed E-state index contributed by atoms with van der Waals surface area (Å²) >= 11 is 0. The molecule has 120 valence electrons. The summed E-state index contributed by atoms with van der Waals surface area (Å²) in [7, 11) is 0. The predicted octanol–water partition coefficient (Wildman–Crippen LogP) is 2.63. The summed E-state index contributed by atoms with van der Waals surface area (Å²) in [5.74, 6) is -0.580. The Kier molecular flexibility index (Phi) is 3.66. The van der Waals surface area contributed by atoms with Gasteiger partial charge in [-0.25, -0.2) is 8.78 Å². The van der Waals surface area contributed by atoms with E-state index >= 15 is 0 Å². The summed E-state index contributed by atoms with van der Waals surface area (Å²) in [6.07, 6.45) is 3.41. The summed E-state index contributed by atoms with van der Waals surface area (Å²) in [6.45, 7) is 1.58. The topological polar surface area (TPSA) is 13.7 Å². The van der Waals surface area contributed by atoms with Gasteiger partial charge in [0.1, 0.15) is 24.3 Å². The van der Waals surface area contributed by atoms with E-state index in [1.807, 2.05) is 12.1 Å². The Balaban J connectivity index is 1.90. The Labute approximate surface area is 134 Å². The van der Waals surface area contributed by atoms with Crippen molar-refractivity contribution in [2.45, 2.75) is 31.0 Å². The van der Waals surface area contributed by atoms with Gasteiger partial charge in [0.05, 0.1) is 6.54 Å². The maximum absolute atomic E-state index is 13.9. The largest absolute Gasteiger partial charge is 0.313 e. The Morgan fingerprint density at radius 1 is 0.957 bits per heavy atom. The number of rotatable bonds is 2. The molecule has 2 aromatic rings. The molecule has 0 amide bonds. The zero-order chi connectivity index (χ0) is 15.9. The molecule has 2 aliphatic rings. The lowest BCUT2D eigenvalue weighted by atomic mass is 9.90. The Hall–Kier alpha value is -1.78. The van der Waals surface area contributed by atoms with Crippen molar-refractivity contribution >= 4 is 0 Å². The monoisotopic (exact) mass is 316 g/mol. The normalized spacial score (nSPS) is 26.0. The second kappa shape index (κ2) is 5.69. The molecule has 2 atom stereocenters. The van der Waals surface area contributed by atoms with Crippen molar-refractivity contribution < 1.29 is 18.4 Å². The molecule has 2 saturated heterocycles. The fraction of sp³-hybridized carbons (Fsp3) is 0.368. The van der Waals surface area contributed by atoms with E-state index < -0.39 is 5.72 Å². The SMILES string of the molecule is Fc1cccc(C2(c3cccc(F)c3)OCC3CCCC[NH+]32)c1. The first-order valence-corrected chi connectivity index (χ1v) is 8.22. The molecule has 4 heteroatoms. The van der Waals surface area contributed by atoms with Gasteiger partial charge < -0.3 is 4.74 Å². The van der Waals surface area contributed by atoms with E-state index in [-0.39, 0.29) is 11.6 Å². The second-order valence-electron chi connectivity index (χ2n) is 6.48. The molecule has 1 N–H and O–H groups in total. The molecule has 0 radical (unpaired) electrons. The maximum atomic E-state index is 13.9.